The summed E-state index contributed by atoms with van der Waals surface area (Å²) in [5.74, 6) is 0. The average molecular weight is 380 g/mol. The van der Waals surface area contributed by atoms with Gasteiger partial charge in [0.25, 0.3) is 5.56 Å². The molecule has 0 spiro atoms. The van der Waals surface area contributed by atoms with Gasteiger partial charge in [0.15, 0.2) is 0 Å². The lowest BCUT2D eigenvalue weighted by Crippen LogP contribution is -2.40. The van der Waals surface area contributed by atoms with E-state index in [1.165, 1.54) is 27.0 Å². The Kier molecular flexibility index (Phi) is 3.99. The van der Waals surface area contributed by atoms with Crippen LogP contribution in [0.15, 0.2) is 46.2 Å². The van der Waals surface area contributed by atoms with Gasteiger partial charge in [-0.25, -0.2) is 13.4 Å². The summed E-state index contributed by atoms with van der Waals surface area (Å²) in [5, 5.41) is 0.627. The lowest BCUT2D eigenvalue weighted by molar-refractivity contribution is 0.0730. The summed E-state index contributed by atoms with van der Waals surface area (Å²) in [6.07, 6.45) is 1.47. The fourth-order valence-electron chi connectivity index (χ4n) is 2.85. The summed E-state index contributed by atoms with van der Waals surface area (Å²) in [6.45, 7) is 1.32. The molecular weight excluding hydrogens is 366 g/mol. The van der Waals surface area contributed by atoms with Crippen molar-refractivity contribution in [1.82, 2.24) is 13.7 Å². The van der Waals surface area contributed by atoms with Gasteiger partial charge in [-0.15, -0.1) is 0 Å². The fourth-order valence-corrected chi connectivity index (χ4v) is 4.45. The standard InChI is InChI=1S/C16H14ClN3O4S/c17-11-1-4-15-18-14-3-2-12(9-13(14)16(21)20(15)10-11)25(22,23)19-5-7-24-8-6-19/h1-4,9-10H,5-8H2. The number of pyridine rings is 1. The zero-order valence-electron chi connectivity index (χ0n) is 13.1. The van der Waals surface area contributed by atoms with Crippen LogP contribution >= 0.6 is 11.6 Å². The molecule has 1 saturated heterocycles. The molecule has 0 unspecified atom stereocenters. The number of benzene rings is 1. The summed E-state index contributed by atoms with van der Waals surface area (Å²) < 4.78 is 33.4. The highest BCUT2D eigenvalue weighted by atomic mass is 35.5. The molecule has 7 nitrogen and oxygen atoms in total. The molecular formula is C16H14ClN3O4S. The first-order valence-corrected chi connectivity index (χ1v) is 9.48. The van der Waals surface area contributed by atoms with E-state index in [1.807, 2.05) is 0 Å². The summed E-state index contributed by atoms with van der Waals surface area (Å²) in [5.41, 5.74) is 0.528. The SMILES string of the molecule is O=c1c2cc(S(=O)(=O)N3CCOCC3)ccc2nc2ccc(Cl)cn12. The first kappa shape index (κ1) is 16.5. The van der Waals surface area contributed by atoms with Gasteiger partial charge in [0, 0.05) is 19.3 Å². The molecule has 0 radical (unpaired) electrons. The van der Waals surface area contributed by atoms with Crippen LogP contribution in [0.2, 0.25) is 5.02 Å². The van der Waals surface area contributed by atoms with E-state index >= 15 is 0 Å². The second-order valence-corrected chi connectivity index (χ2v) is 8.06. The Bertz CT molecular complexity index is 1140. The van der Waals surface area contributed by atoms with E-state index in [1.54, 1.807) is 18.2 Å². The van der Waals surface area contributed by atoms with Crippen LogP contribution in [-0.4, -0.2) is 48.4 Å². The number of hydrogen-bond donors (Lipinski definition) is 0. The molecule has 0 atom stereocenters. The molecule has 0 bridgehead atoms. The second-order valence-electron chi connectivity index (χ2n) is 5.69. The normalized spacial score (nSPS) is 16.5. The number of aromatic nitrogens is 2. The minimum Gasteiger partial charge on any atom is -0.379 e. The number of rotatable bonds is 2. The molecule has 25 heavy (non-hydrogen) atoms. The number of sulfonamides is 1. The van der Waals surface area contributed by atoms with Crippen LogP contribution in [0.3, 0.4) is 0 Å². The highest BCUT2D eigenvalue weighted by molar-refractivity contribution is 7.89. The number of morpholine rings is 1. The molecule has 0 amide bonds. The third-order valence-corrected chi connectivity index (χ3v) is 6.27. The smallest absolute Gasteiger partial charge is 0.265 e. The summed E-state index contributed by atoms with van der Waals surface area (Å²) in [4.78, 5) is 17.2. The van der Waals surface area contributed by atoms with Gasteiger partial charge in [0.2, 0.25) is 10.0 Å². The van der Waals surface area contributed by atoms with E-state index in [2.05, 4.69) is 4.98 Å². The molecule has 4 rings (SSSR count). The largest absolute Gasteiger partial charge is 0.379 e. The van der Waals surface area contributed by atoms with Gasteiger partial charge in [-0.05, 0) is 30.3 Å². The van der Waals surface area contributed by atoms with Gasteiger partial charge >= 0.3 is 0 Å². The van der Waals surface area contributed by atoms with E-state index in [0.29, 0.717) is 42.5 Å². The Balaban J connectivity index is 1.91. The Morgan fingerprint density at radius 1 is 1.12 bits per heavy atom. The van der Waals surface area contributed by atoms with Crippen molar-refractivity contribution in [3.63, 3.8) is 0 Å². The summed E-state index contributed by atoms with van der Waals surface area (Å²) in [7, 11) is -3.68. The second kappa shape index (κ2) is 6.06. The van der Waals surface area contributed by atoms with Crippen molar-refractivity contribution in [3.05, 3.63) is 51.9 Å². The van der Waals surface area contributed by atoms with Gasteiger partial charge in [-0.3, -0.25) is 9.20 Å². The summed E-state index contributed by atoms with van der Waals surface area (Å²) >= 11 is 5.95. The van der Waals surface area contributed by atoms with Gasteiger partial charge in [-0.1, -0.05) is 11.6 Å². The Hall–Kier alpha value is -2.00. The molecule has 0 saturated carbocycles. The Labute approximate surface area is 148 Å². The van der Waals surface area contributed by atoms with Gasteiger partial charge < -0.3 is 4.74 Å². The molecule has 9 heteroatoms. The monoisotopic (exact) mass is 379 g/mol. The van der Waals surface area contributed by atoms with E-state index in [4.69, 9.17) is 16.3 Å². The molecule has 0 aliphatic carbocycles. The average Bonchev–Trinajstić information content (AvgIpc) is 2.63. The molecule has 1 aromatic carbocycles. The van der Waals surface area contributed by atoms with Crippen molar-refractivity contribution in [2.24, 2.45) is 0 Å². The number of nitrogens with zero attached hydrogens (tertiary/aromatic N) is 3. The van der Waals surface area contributed by atoms with E-state index in [-0.39, 0.29) is 15.8 Å². The number of ether oxygens (including phenoxy) is 1. The third-order valence-electron chi connectivity index (χ3n) is 4.15. The molecule has 2 aromatic heterocycles. The Morgan fingerprint density at radius 2 is 1.88 bits per heavy atom. The number of halogens is 1. The topological polar surface area (TPSA) is 81.0 Å². The van der Waals surface area contributed by atoms with Crippen molar-refractivity contribution in [2.45, 2.75) is 4.90 Å². The predicted molar refractivity (Wildman–Crippen MR) is 93.6 cm³/mol. The van der Waals surface area contributed by atoms with Gasteiger partial charge in [-0.2, -0.15) is 4.31 Å². The molecule has 3 aromatic rings. The van der Waals surface area contributed by atoms with E-state index in [0.717, 1.165) is 0 Å². The van der Waals surface area contributed by atoms with Crippen LogP contribution in [-0.2, 0) is 14.8 Å². The van der Waals surface area contributed by atoms with Crippen LogP contribution in [0.5, 0.6) is 0 Å². The Morgan fingerprint density at radius 3 is 2.64 bits per heavy atom. The lowest BCUT2D eigenvalue weighted by atomic mass is 10.2. The minimum atomic E-state index is -3.68. The van der Waals surface area contributed by atoms with Crippen LogP contribution < -0.4 is 5.56 Å². The highest BCUT2D eigenvalue weighted by Gasteiger charge is 2.26. The van der Waals surface area contributed by atoms with Gasteiger partial charge in [0.05, 0.1) is 34.0 Å². The minimum absolute atomic E-state index is 0.0720. The van der Waals surface area contributed by atoms with Crippen LogP contribution in [0.25, 0.3) is 16.6 Å². The van der Waals surface area contributed by atoms with Crippen LogP contribution in [0.4, 0.5) is 0 Å². The molecule has 1 aliphatic rings. The van der Waals surface area contributed by atoms with Gasteiger partial charge in [0.1, 0.15) is 5.65 Å². The van der Waals surface area contributed by atoms with Crippen molar-refractivity contribution < 1.29 is 13.2 Å². The summed E-state index contributed by atoms with van der Waals surface area (Å²) in [6, 6.07) is 7.70. The van der Waals surface area contributed by atoms with Crippen molar-refractivity contribution in [2.75, 3.05) is 26.3 Å². The van der Waals surface area contributed by atoms with Crippen molar-refractivity contribution in [3.8, 4) is 0 Å². The number of fused-ring (bicyclic) bond motifs is 2. The maximum absolute atomic E-state index is 12.8. The van der Waals surface area contributed by atoms with Crippen molar-refractivity contribution in [1.29, 1.82) is 0 Å². The van der Waals surface area contributed by atoms with E-state index in [9.17, 15) is 13.2 Å². The lowest BCUT2D eigenvalue weighted by Gasteiger charge is -2.26. The molecule has 0 N–H and O–H groups in total. The van der Waals surface area contributed by atoms with Crippen LogP contribution in [0, 0.1) is 0 Å². The molecule has 3 heterocycles. The highest BCUT2D eigenvalue weighted by Crippen LogP contribution is 2.21. The molecule has 130 valence electrons. The predicted octanol–water partition coefficient (Wildman–Crippen LogP) is 1.52. The first-order chi connectivity index (χ1) is 12.0. The first-order valence-electron chi connectivity index (χ1n) is 7.66. The van der Waals surface area contributed by atoms with E-state index < -0.39 is 10.0 Å². The molecule has 1 fully saturated rings. The fraction of sp³-hybridized carbons (Fsp3) is 0.250. The zero-order chi connectivity index (χ0) is 17.6. The quantitative estimate of drug-likeness (QED) is 0.631. The van der Waals surface area contributed by atoms with Crippen LogP contribution in [0.1, 0.15) is 0 Å². The molecule has 1 aliphatic heterocycles. The third kappa shape index (κ3) is 2.81. The zero-order valence-corrected chi connectivity index (χ0v) is 14.6. The number of hydrogen-bond acceptors (Lipinski definition) is 5. The van der Waals surface area contributed by atoms with Crippen molar-refractivity contribution >= 4 is 38.2 Å². The maximum Gasteiger partial charge on any atom is 0.265 e. The maximum atomic E-state index is 12.8.